The number of halogens is 2. The Labute approximate surface area is 113 Å². The molecule has 0 N–H and O–H groups in total. The molecule has 0 aliphatic carbocycles. The van der Waals surface area contributed by atoms with E-state index < -0.39 is 0 Å². The Morgan fingerprint density at radius 1 is 1.41 bits per heavy atom. The molecule has 4 nitrogen and oxygen atoms in total. The zero-order chi connectivity index (χ0) is 13.2. The number of imide groups is 1. The maximum absolute atomic E-state index is 11.5. The van der Waals surface area contributed by atoms with E-state index in [2.05, 4.69) is 20.9 Å². The average Bonchev–Trinajstić information content (AvgIpc) is 2.19. The molecule has 1 atom stereocenters. The fourth-order valence-corrected chi connectivity index (χ4v) is 1.96. The Hall–Kier alpha value is -0.940. The smallest absolute Gasteiger partial charge is 0.231 e. The molecule has 17 heavy (non-hydrogen) atoms. The van der Waals surface area contributed by atoms with E-state index in [1.807, 2.05) is 0 Å². The zero-order valence-corrected chi connectivity index (χ0v) is 12.0. The maximum Gasteiger partial charge on any atom is 0.231 e. The van der Waals surface area contributed by atoms with Gasteiger partial charge in [-0.05, 0) is 28.9 Å². The molecule has 0 bridgehead atoms. The van der Waals surface area contributed by atoms with Crippen LogP contribution in [0.2, 0.25) is 0 Å². The number of alkyl halides is 1. The Bertz CT molecular complexity index is 449. The lowest BCUT2D eigenvalue weighted by Gasteiger charge is -2.20. The van der Waals surface area contributed by atoms with E-state index in [1.54, 1.807) is 13.0 Å². The number of carbonyl (C=O) groups is 2. The van der Waals surface area contributed by atoms with Gasteiger partial charge in [0.05, 0.1) is 5.38 Å². The van der Waals surface area contributed by atoms with Gasteiger partial charge in [-0.25, -0.2) is 9.88 Å². The summed E-state index contributed by atoms with van der Waals surface area (Å²) in [6.45, 7) is 4.38. The SMILES string of the molecule is CC(=O)N(C(C)=O)c1ncc(Br)cc1C(C)Cl. The molecule has 2 amide bonds. The molecule has 1 unspecified atom stereocenters. The maximum atomic E-state index is 11.5. The van der Waals surface area contributed by atoms with E-state index >= 15 is 0 Å². The van der Waals surface area contributed by atoms with Gasteiger partial charge in [-0.1, -0.05) is 0 Å². The molecule has 0 aliphatic heterocycles. The van der Waals surface area contributed by atoms with Crippen LogP contribution in [0.25, 0.3) is 0 Å². The van der Waals surface area contributed by atoms with E-state index in [4.69, 9.17) is 11.6 Å². The highest BCUT2D eigenvalue weighted by atomic mass is 79.9. The van der Waals surface area contributed by atoms with Crippen LogP contribution in [0.15, 0.2) is 16.7 Å². The Morgan fingerprint density at radius 3 is 2.35 bits per heavy atom. The normalized spacial score (nSPS) is 12.1. The van der Waals surface area contributed by atoms with E-state index in [1.165, 1.54) is 20.0 Å². The minimum Gasteiger partial charge on any atom is -0.274 e. The summed E-state index contributed by atoms with van der Waals surface area (Å²) in [5.41, 5.74) is 0.631. The molecular formula is C11H12BrClN2O2. The lowest BCUT2D eigenvalue weighted by molar-refractivity contribution is -0.124. The standard InChI is InChI=1S/C11H12BrClN2O2/c1-6(13)10-4-9(12)5-14-11(10)15(7(2)16)8(3)17/h4-6H,1-3H3. The van der Waals surface area contributed by atoms with Gasteiger partial charge in [0.15, 0.2) is 0 Å². The molecule has 0 aliphatic rings. The van der Waals surface area contributed by atoms with Crippen LogP contribution in [0.1, 0.15) is 31.7 Å². The number of anilines is 1. The quantitative estimate of drug-likeness (QED) is 0.787. The zero-order valence-electron chi connectivity index (χ0n) is 9.70. The number of nitrogens with zero attached hydrogens (tertiary/aromatic N) is 2. The van der Waals surface area contributed by atoms with E-state index in [-0.39, 0.29) is 23.0 Å². The molecule has 1 heterocycles. The predicted molar refractivity (Wildman–Crippen MR) is 70.0 cm³/mol. The summed E-state index contributed by atoms with van der Waals surface area (Å²) in [5.74, 6) is -0.479. The van der Waals surface area contributed by atoms with Crippen molar-refractivity contribution in [1.29, 1.82) is 0 Å². The van der Waals surface area contributed by atoms with Crippen molar-refractivity contribution in [2.24, 2.45) is 0 Å². The third kappa shape index (κ3) is 3.26. The summed E-state index contributed by atoms with van der Waals surface area (Å²) in [5, 5.41) is -0.351. The van der Waals surface area contributed by atoms with E-state index in [9.17, 15) is 9.59 Å². The average molecular weight is 320 g/mol. The van der Waals surface area contributed by atoms with Gasteiger partial charge >= 0.3 is 0 Å². The largest absolute Gasteiger partial charge is 0.274 e. The number of pyridine rings is 1. The predicted octanol–water partition coefficient (Wildman–Crippen LogP) is 3.04. The number of rotatable bonds is 2. The molecule has 0 saturated carbocycles. The van der Waals surface area contributed by atoms with Gasteiger partial charge < -0.3 is 0 Å². The molecule has 0 aromatic carbocycles. The lowest BCUT2D eigenvalue weighted by Crippen LogP contribution is -2.34. The summed E-state index contributed by atoms with van der Waals surface area (Å²) in [6.07, 6.45) is 1.52. The molecule has 0 saturated heterocycles. The fraction of sp³-hybridized carbons (Fsp3) is 0.364. The summed E-state index contributed by atoms with van der Waals surface area (Å²) in [7, 11) is 0. The second-order valence-corrected chi connectivity index (χ2v) is 5.13. The number of carbonyl (C=O) groups excluding carboxylic acids is 2. The van der Waals surface area contributed by atoms with Crippen LogP contribution in [0.3, 0.4) is 0 Å². The van der Waals surface area contributed by atoms with Crippen LogP contribution in [-0.2, 0) is 9.59 Å². The minimum atomic E-state index is -0.383. The number of amides is 2. The molecule has 6 heteroatoms. The Kier molecular flexibility index (Phi) is 4.65. The van der Waals surface area contributed by atoms with Crippen molar-refractivity contribution in [3.8, 4) is 0 Å². The van der Waals surface area contributed by atoms with Crippen molar-refractivity contribution in [3.63, 3.8) is 0 Å². The van der Waals surface area contributed by atoms with Crippen LogP contribution in [0.4, 0.5) is 5.82 Å². The van der Waals surface area contributed by atoms with E-state index in [0.29, 0.717) is 5.56 Å². The highest BCUT2D eigenvalue weighted by Gasteiger charge is 2.23. The summed E-state index contributed by atoms with van der Waals surface area (Å²) < 4.78 is 0.746. The van der Waals surface area contributed by atoms with Crippen molar-refractivity contribution in [3.05, 3.63) is 22.3 Å². The van der Waals surface area contributed by atoms with Crippen molar-refractivity contribution in [2.45, 2.75) is 26.1 Å². The summed E-state index contributed by atoms with van der Waals surface area (Å²) in [4.78, 5) is 28.0. The Morgan fingerprint density at radius 2 is 1.94 bits per heavy atom. The van der Waals surface area contributed by atoms with Crippen LogP contribution in [0, 0.1) is 0 Å². The number of hydrogen-bond donors (Lipinski definition) is 0. The molecule has 92 valence electrons. The Balaban J connectivity index is 3.37. The molecular weight excluding hydrogens is 307 g/mol. The van der Waals surface area contributed by atoms with Gasteiger partial charge in [-0.3, -0.25) is 9.59 Å². The molecule has 0 spiro atoms. The van der Waals surface area contributed by atoms with Gasteiger partial charge in [-0.15, -0.1) is 11.6 Å². The third-order valence-electron chi connectivity index (χ3n) is 2.13. The van der Waals surface area contributed by atoms with Gasteiger partial charge in [0.25, 0.3) is 0 Å². The first-order valence-corrected chi connectivity index (χ1v) is 6.18. The summed E-state index contributed by atoms with van der Waals surface area (Å²) in [6, 6.07) is 1.75. The van der Waals surface area contributed by atoms with Gasteiger partial charge in [0, 0.05) is 30.1 Å². The first kappa shape index (κ1) is 14.1. The topological polar surface area (TPSA) is 50.3 Å². The van der Waals surface area contributed by atoms with Crippen molar-refractivity contribution >= 4 is 45.2 Å². The first-order valence-electron chi connectivity index (χ1n) is 4.95. The van der Waals surface area contributed by atoms with Crippen LogP contribution >= 0.6 is 27.5 Å². The van der Waals surface area contributed by atoms with Crippen LogP contribution in [-0.4, -0.2) is 16.8 Å². The number of hydrogen-bond acceptors (Lipinski definition) is 3. The van der Waals surface area contributed by atoms with Crippen LogP contribution < -0.4 is 4.90 Å². The lowest BCUT2D eigenvalue weighted by atomic mass is 10.2. The van der Waals surface area contributed by atoms with Gasteiger partial charge in [-0.2, -0.15) is 0 Å². The van der Waals surface area contributed by atoms with E-state index in [0.717, 1.165) is 9.37 Å². The molecule has 0 radical (unpaired) electrons. The monoisotopic (exact) mass is 318 g/mol. The highest BCUT2D eigenvalue weighted by molar-refractivity contribution is 9.10. The van der Waals surface area contributed by atoms with Crippen molar-refractivity contribution in [2.75, 3.05) is 4.90 Å². The first-order chi connectivity index (χ1) is 7.84. The molecule has 1 aromatic heterocycles. The summed E-state index contributed by atoms with van der Waals surface area (Å²) >= 11 is 9.30. The molecule has 0 fully saturated rings. The second kappa shape index (κ2) is 5.60. The number of aromatic nitrogens is 1. The molecule has 1 aromatic rings. The second-order valence-electron chi connectivity index (χ2n) is 3.56. The fourth-order valence-electron chi connectivity index (χ4n) is 1.45. The van der Waals surface area contributed by atoms with Crippen molar-refractivity contribution in [1.82, 2.24) is 4.98 Å². The van der Waals surface area contributed by atoms with Gasteiger partial charge in [0.1, 0.15) is 5.82 Å². The third-order valence-corrected chi connectivity index (χ3v) is 2.80. The highest BCUT2D eigenvalue weighted by Crippen LogP contribution is 2.30. The van der Waals surface area contributed by atoms with Crippen molar-refractivity contribution < 1.29 is 9.59 Å². The molecule has 1 rings (SSSR count). The minimum absolute atomic E-state index is 0.288. The van der Waals surface area contributed by atoms with Crippen LogP contribution in [0.5, 0.6) is 0 Å². The van der Waals surface area contributed by atoms with Gasteiger partial charge in [0.2, 0.25) is 11.8 Å².